The van der Waals surface area contributed by atoms with Crippen molar-refractivity contribution in [2.45, 2.75) is 33.9 Å². The third-order valence-electron chi connectivity index (χ3n) is 5.50. The predicted molar refractivity (Wildman–Crippen MR) is 157 cm³/mol. The van der Waals surface area contributed by atoms with E-state index in [-0.39, 0.29) is 31.0 Å². The number of ether oxygens (including phenoxy) is 1. The van der Waals surface area contributed by atoms with Crippen LogP contribution in [-0.2, 0) is 25.5 Å². The van der Waals surface area contributed by atoms with Gasteiger partial charge in [-0.25, -0.2) is 4.98 Å². The number of thiazole rings is 1. The fourth-order valence-corrected chi connectivity index (χ4v) is 7.13. The van der Waals surface area contributed by atoms with Gasteiger partial charge in [-0.3, -0.25) is 14.4 Å². The molecule has 0 spiro atoms. The first-order valence-electron chi connectivity index (χ1n) is 11.3. The summed E-state index contributed by atoms with van der Waals surface area (Å²) in [5, 5.41) is 4.89. The summed E-state index contributed by atoms with van der Waals surface area (Å²) >= 11 is 18.3. The van der Waals surface area contributed by atoms with Crippen LogP contribution >= 0.6 is 67.7 Å². The van der Waals surface area contributed by atoms with Crippen LogP contribution in [0.1, 0.15) is 18.9 Å². The van der Waals surface area contributed by atoms with Crippen molar-refractivity contribution in [3.63, 3.8) is 0 Å². The maximum absolute atomic E-state index is 12.4. The molecule has 2 heterocycles. The Hall–Kier alpha value is -1.95. The van der Waals surface area contributed by atoms with E-state index in [2.05, 4.69) is 10.3 Å². The normalized spacial score (nSPS) is 15.9. The first-order valence-corrected chi connectivity index (χ1v) is 15.5. The fourth-order valence-electron chi connectivity index (χ4n) is 3.63. The molecule has 1 unspecified atom stereocenters. The van der Waals surface area contributed by atoms with Crippen molar-refractivity contribution < 1.29 is 19.1 Å². The predicted octanol–water partition coefficient (Wildman–Crippen LogP) is 6.64. The van der Waals surface area contributed by atoms with Crippen LogP contribution in [0.15, 0.2) is 63.9 Å². The number of hydrogen-bond acceptors (Lipinski definition) is 8. The number of carbonyl (C=O) groups excluding carboxylic acids is 3. The number of likely N-dealkylation sites (tertiary alicyclic amines) is 1. The fraction of sp³-hybridized carbons (Fsp3) is 0.280. The maximum atomic E-state index is 12.4. The van der Waals surface area contributed by atoms with Gasteiger partial charge in [0, 0.05) is 5.69 Å². The van der Waals surface area contributed by atoms with E-state index in [9.17, 15) is 14.4 Å². The van der Waals surface area contributed by atoms with Crippen LogP contribution < -0.4 is 5.32 Å². The number of rotatable bonds is 10. The highest BCUT2D eigenvalue weighted by Crippen LogP contribution is 2.39. The number of benzene rings is 2. The van der Waals surface area contributed by atoms with Crippen LogP contribution in [0.4, 0.5) is 5.69 Å². The van der Waals surface area contributed by atoms with Crippen LogP contribution in [-0.4, -0.2) is 50.7 Å². The zero-order valence-corrected chi connectivity index (χ0v) is 24.7. The van der Waals surface area contributed by atoms with Crippen LogP contribution in [0, 0.1) is 0 Å². The molecule has 13 heteroatoms. The van der Waals surface area contributed by atoms with Gasteiger partial charge in [0.1, 0.15) is 13.2 Å². The van der Waals surface area contributed by atoms with E-state index in [1.807, 2.05) is 60.9 Å². The lowest BCUT2D eigenvalue weighted by atomic mass is 9.96. The number of esters is 1. The molecular formula is C25H22Cl3N3O4S3. The van der Waals surface area contributed by atoms with E-state index in [1.54, 1.807) is 0 Å². The Morgan fingerprint density at radius 3 is 2.71 bits per heavy atom. The summed E-state index contributed by atoms with van der Waals surface area (Å²) in [7, 11) is 2.98. The number of anilines is 1. The lowest BCUT2D eigenvalue weighted by Crippen LogP contribution is -2.55. The molecule has 1 aliphatic heterocycles. The van der Waals surface area contributed by atoms with Gasteiger partial charge in [0.25, 0.3) is 0 Å². The molecule has 4 rings (SSSR count). The van der Waals surface area contributed by atoms with Gasteiger partial charge < -0.3 is 15.0 Å². The molecule has 38 heavy (non-hydrogen) atoms. The van der Waals surface area contributed by atoms with E-state index in [0.29, 0.717) is 12.8 Å². The maximum Gasteiger partial charge on any atom is 0.325 e. The average Bonchev–Trinajstić information content (AvgIpc) is 3.26. The molecule has 7 nitrogen and oxygen atoms in total. The molecule has 0 radical (unpaired) electrons. The van der Waals surface area contributed by atoms with E-state index < -0.39 is 9.76 Å². The number of aromatic nitrogens is 1. The molecule has 0 aliphatic carbocycles. The Morgan fingerprint density at radius 2 is 2.00 bits per heavy atom. The molecule has 0 saturated carbocycles. The monoisotopic (exact) mass is 629 g/mol. The summed E-state index contributed by atoms with van der Waals surface area (Å²) in [5.41, 5.74) is 3.48. The summed E-state index contributed by atoms with van der Waals surface area (Å²) in [6.45, 7) is 1.33. The lowest BCUT2D eigenvalue weighted by Gasteiger charge is -2.40. The second-order valence-corrected chi connectivity index (χ2v) is 14.3. The highest BCUT2D eigenvalue weighted by atomic mass is 35.6. The Balaban J connectivity index is 1.29. The minimum absolute atomic E-state index is 0.0760. The smallest absolute Gasteiger partial charge is 0.325 e. The van der Waals surface area contributed by atoms with Gasteiger partial charge >= 0.3 is 5.97 Å². The second kappa shape index (κ2) is 12.9. The van der Waals surface area contributed by atoms with Gasteiger partial charge in [0.05, 0.1) is 29.1 Å². The topological polar surface area (TPSA) is 88.6 Å². The molecule has 1 atom stereocenters. The summed E-state index contributed by atoms with van der Waals surface area (Å²) in [5.74, 6) is -0.841. The van der Waals surface area contributed by atoms with Gasteiger partial charge in [0.15, 0.2) is 4.34 Å². The molecular weight excluding hydrogens is 609 g/mol. The molecule has 2 aromatic carbocycles. The molecule has 3 aromatic rings. The summed E-state index contributed by atoms with van der Waals surface area (Å²) in [4.78, 5) is 42.5. The third-order valence-corrected chi connectivity index (χ3v) is 9.31. The highest BCUT2D eigenvalue weighted by molar-refractivity contribution is 8.78. The number of amides is 2. The first kappa shape index (κ1) is 29.0. The van der Waals surface area contributed by atoms with Crippen molar-refractivity contribution in [1.82, 2.24) is 9.88 Å². The van der Waals surface area contributed by atoms with Crippen LogP contribution in [0.25, 0.3) is 10.2 Å². The molecule has 2 amide bonds. The van der Waals surface area contributed by atoms with Crippen molar-refractivity contribution in [2.24, 2.45) is 0 Å². The summed E-state index contributed by atoms with van der Waals surface area (Å²) in [6, 6.07) is 15.1. The standard InChI is InChI=1S/C25H22Cl3N3O4S3/c1-15(19-11-22(33)31(19)12-23(34)35-14-25(26,27)28)13-36-38-24-30-18-8-7-17(10-20(18)37-24)29-21(32)9-16-5-3-2-4-6-16/h2-8,10,13,19H,9,11-12,14H2,1H3,(H,29,32). The minimum Gasteiger partial charge on any atom is -0.460 e. The molecule has 1 aromatic heterocycles. The van der Waals surface area contributed by atoms with Crippen molar-refractivity contribution in [2.75, 3.05) is 18.5 Å². The Kier molecular flexibility index (Phi) is 9.89. The number of fused-ring (bicyclic) bond motifs is 1. The number of nitrogens with zero attached hydrogens (tertiary/aromatic N) is 2. The number of β-lactam (4-membered cyclic amide) rings is 1. The van der Waals surface area contributed by atoms with Gasteiger partial charge in [-0.15, -0.1) is 11.3 Å². The SMILES string of the molecule is CC(=CSSc1nc2ccc(NC(=O)Cc3ccccc3)cc2s1)C1CC(=O)N1CC(=O)OCC(Cl)(Cl)Cl. The second-order valence-electron chi connectivity index (χ2n) is 8.43. The van der Waals surface area contributed by atoms with Gasteiger partial charge in [0.2, 0.25) is 15.6 Å². The molecule has 200 valence electrons. The Morgan fingerprint density at radius 1 is 1.24 bits per heavy atom. The summed E-state index contributed by atoms with van der Waals surface area (Å²) in [6.07, 6.45) is 0.635. The molecule has 1 saturated heterocycles. The van der Waals surface area contributed by atoms with Crippen LogP contribution in [0.2, 0.25) is 0 Å². The first-order chi connectivity index (χ1) is 18.1. The molecule has 1 aliphatic rings. The Labute approximate surface area is 246 Å². The number of halogens is 3. The number of hydrogen-bond donors (Lipinski definition) is 1. The van der Waals surface area contributed by atoms with Gasteiger partial charge in [-0.2, -0.15) is 0 Å². The van der Waals surface area contributed by atoms with Crippen LogP contribution in [0.3, 0.4) is 0 Å². The quantitative estimate of drug-likeness (QED) is 0.116. The third kappa shape index (κ3) is 8.27. The van der Waals surface area contributed by atoms with E-state index in [1.165, 1.54) is 37.8 Å². The number of alkyl halides is 3. The zero-order chi connectivity index (χ0) is 27.3. The largest absolute Gasteiger partial charge is 0.460 e. The van der Waals surface area contributed by atoms with Gasteiger partial charge in [-0.1, -0.05) is 75.9 Å². The van der Waals surface area contributed by atoms with Crippen molar-refractivity contribution in [3.05, 3.63) is 65.1 Å². The molecule has 1 fully saturated rings. The summed E-state index contributed by atoms with van der Waals surface area (Å²) < 4.78 is 5.06. The lowest BCUT2D eigenvalue weighted by molar-refractivity contribution is -0.156. The highest BCUT2D eigenvalue weighted by Gasteiger charge is 2.38. The number of nitrogens with one attached hydrogen (secondary N) is 1. The van der Waals surface area contributed by atoms with Crippen molar-refractivity contribution in [1.29, 1.82) is 0 Å². The number of carbonyl (C=O) groups is 3. The van der Waals surface area contributed by atoms with Crippen molar-refractivity contribution in [3.8, 4) is 0 Å². The van der Waals surface area contributed by atoms with E-state index in [4.69, 9.17) is 39.5 Å². The Bertz CT molecular complexity index is 1360. The van der Waals surface area contributed by atoms with Gasteiger partial charge in [-0.05, 0) is 52.5 Å². The van der Waals surface area contributed by atoms with Crippen LogP contribution in [0.5, 0.6) is 0 Å². The zero-order valence-electron chi connectivity index (χ0n) is 20.0. The van der Waals surface area contributed by atoms with E-state index in [0.717, 1.165) is 31.4 Å². The molecule has 0 bridgehead atoms. The van der Waals surface area contributed by atoms with Crippen molar-refractivity contribution >= 4 is 101 Å². The van der Waals surface area contributed by atoms with E-state index >= 15 is 0 Å². The molecule has 1 N–H and O–H groups in total. The minimum atomic E-state index is -1.70. The average molecular weight is 631 g/mol.